The average Bonchev–Trinajstić information content (AvgIpc) is 2.59. The molecule has 0 amide bonds. The highest BCUT2D eigenvalue weighted by Gasteiger charge is 2.15. The second-order valence-corrected chi connectivity index (χ2v) is 6.55. The monoisotopic (exact) mass is 313 g/mol. The van der Waals surface area contributed by atoms with Gasteiger partial charge in [0.1, 0.15) is 5.69 Å². The summed E-state index contributed by atoms with van der Waals surface area (Å²) in [6.45, 7) is 7.14. The Bertz CT molecular complexity index is 650. The normalized spacial score (nSPS) is 15.9. The van der Waals surface area contributed by atoms with Gasteiger partial charge >= 0.3 is 0 Å². The molecular weight excluding hydrogens is 286 g/mol. The lowest BCUT2D eigenvalue weighted by atomic mass is 9.99. The van der Waals surface area contributed by atoms with Crippen LogP contribution >= 0.6 is 0 Å². The molecule has 1 aliphatic heterocycles. The van der Waals surface area contributed by atoms with Crippen LogP contribution in [0.2, 0.25) is 0 Å². The molecule has 2 aromatic rings. The molecule has 1 fully saturated rings. The van der Waals surface area contributed by atoms with Crippen molar-refractivity contribution in [1.82, 2.24) is 15.3 Å². The SMILES string of the molecule is CCCCc1ccc2nc(OCC3CCNCC3)c(C)nc2c1. The molecule has 23 heavy (non-hydrogen) atoms. The summed E-state index contributed by atoms with van der Waals surface area (Å²) >= 11 is 0. The van der Waals surface area contributed by atoms with Crippen molar-refractivity contribution in [3.63, 3.8) is 0 Å². The predicted molar refractivity (Wildman–Crippen MR) is 94.0 cm³/mol. The maximum atomic E-state index is 5.98. The third-order valence-corrected chi connectivity index (χ3v) is 4.59. The molecule has 0 saturated carbocycles. The summed E-state index contributed by atoms with van der Waals surface area (Å²) in [5.41, 5.74) is 4.14. The second kappa shape index (κ2) is 7.73. The summed E-state index contributed by atoms with van der Waals surface area (Å²) in [5.74, 6) is 1.32. The molecule has 0 bridgehead atoms. The quantitative estimate of drug-likeness (QED) is 0.884. The molecular formula is C19H27N3O. The van der Waals surface area contributed by atoms with Crippen LogP contribution in [0.3, 0.4) is 0 Å². The van der Waals surface area contributed by atoms with E-state index in [1.54, 1.807) is 0 Å². The zero-order chi connectivity index (χ0) is 16.1. The van der Waals surface area contributed by atoms with Gasteiger partial charge in [-0.2, -0.15) is 0 Å². The standard InChI is InChI=1S/C19H27N3O/c1-3-4-5-15-6-7-17-18(12-15)21-14(2)19(22-17)23-13-16-8-10-20-11-9-16/h6-7,12,16,20H,3-5,8-11,13H2,1-2H3. The van der Waals surface area contributed by atoms with Gasteiger partial charge in [-0.05, 0) is 69.3 Å². The Labute approximate surface area is 138 Å². The summed E-state index contributed by atoms with van der Waals surface area (Å²) < 4.78 is 5.98. The largest absolute Gasteiger partial charge is 0.476 e. The molecule has 1 aromatic carbocycles. The molecule has 4 nitrogen and oxygen atoms in total. The minimum absolute atomic E-state index is 0.629. The third-order valence-electron chi connectivity index (χ3n) is 4.59. The molecule has 1 N–H and O–H groups in total. The van der Waals surface area contributed by atoms with Crippen LogP contribution in [-0.2, 0) is 6.42 Å². The summed E-state index contributed by atoms with van der Waals surface area (Å²) in [6.07, 6.45) is 5.91. The summed E-state index contributed by atoms with van der Waals surface area (Å²) in [6, 6.07) is 6.41. The molecule has 0 spiro atoms. The van der Waals surface area contributed by atoms with Crippen LogP contribution in [0.5, 0.6) is 5.88 Å². The number of hydrogen-bond donors (Lipinski definition) is 1. The molecule has 0 radical (unpaired) electrons. The number of piperidine rings is 1. The Morgan fingerprint density at radius 3 is 2.78 bits per heavy atom. The maximum absolute atomic E-state index is 5.98. The smallest absolute Gasteiger partial charge is 0.235 e. The van der Waals surface area contributed by atoms with E-state index >= 15 is 0 Å². The average molecular weight is 313 g/mol. The number of aryl methyl sites for hydroxylation is 2. The van der Waals surface area contributed by atoms with Crippen LogP contribution in [-0.4, -0.2) is 29.7 Å². The highest BCUT2D eigenvalue weighted by molar-refractivity contribution is 5.75. The summed E-state index contributed by atoms with van der Waals surface area (Å²) in [5, 5.41) is 3.38. The summed E-state index contributed by atoms with van der Waals surface area (Å²) in [7, 11) is 0. The van der Waals surface area contributed by atoms with Crippen molar-refractivity contribution in [3.05, 3.63) is 29.5 Å². The van der Waals surface area contributed by atoms with Crippen molar-refractivity contribution < 1.29 is 4.74 Å². The Morgan fingerprint density at radius 1 is 1.17 bits per heavy atom. The van der Waals surface area contributed by atoms with Crippen molar-refractivity contribution in [2.24, 2.45) is 5.92 Å². The van der Waals surface area contributed by atoms with E-state index < -0.39 is 0 Å². The van der Waals surface area contributed by atoms with Crippen molar-refractivity contribution in [2.45, 2.75) is 46.0 Å². The van der Waals surface area contributed by atoms with Crippen molar-refractivity contribution in [2.75, 3.05) is 19.7 Å². The molecule has 0 atom stereocenters. The molecule has 2 heterocycles. The van der Waals surface area contributed by atoms with Crippen LogP contribution in [0, 0.1) is 12.8 Å². The topological polar surface area (TPSA) is 47.0 Å². The maximum Gasteiger partial charge on any atom is 0.235 e. The molecule has 124 valence electrons. The molecule has 4 heteroatoms. The van der Waals surface area contributed by atoms with E-state index in [9.17, 15) is 0 Å². The number of ether oxygens (including phenoxy) is 1. The molecule has 1 saturated heterocycles. The van der Waals surface area contributed by atoms with E-state index in [0.717, 1.165) is 42.8 Å². The minimum atomic E-state index is 0.629. The van der Waals surface area contributed by atoms with Gasteiger partial charge in [0.25, 0.3) is 0 Å². The number of nitrogens with one attached hydrogen (secondary N) is 1. The summed E-state index contributed by atoms with van der Waals surface area (Å²) in [4.78, 5) is 9.39. The number of hydrogen-bond acceptors (Lipinski definition) is 4. The van der Waals surface area contributed by atoms with Gasteiger partial charge in [-0.3, -0.25) is 0 Å². The molecule has 0 unspecified atom stereocenters. The van der Waals surface area contributed by atoms with E-state index in [0.29, 0.717) is 11.8 Å². The van der Waals surface area contributed by atoms with Crippen molar-refractivity contribution in [3.8, 4) is 5.88 Å². The molecule has 1 aliphatic rings. The van der Waals surface area contributed by atoms with Crippen LogP contribution in [0.4, 0.5) is 0 Å². The van der Waals surface area contributed by atoms with Gasteiger partial charge in [-0.25, -0.2) is 9.97 Å². The first-order valence-corrected chi connectivity index (χ1v) is 8.87. The third kappa shape index (κ3) is 4.20. The zero-order valence-electron chi connectivity index (χ0n) is 14.3. The van der Waals surface area contributed by atoms with Gasteiger partial charge in [-0.15, -0.1) is 0 Å². The van der Waals surface area contributed by atoms with Gasteiger partial charge in [-0.1, -0.05) is 19.4 Å². The minimum Gasteiger partial charge on any atom is -0.476 e. The van der Waals surface area contributed by atoms with Crippen molar-refractivity contribution in [1.29, 1.82) is 0 Å². The van der Waals surface area contributed by atoms with Gasteiger partial charge in [0.05, 0.1) is 17.6 Å². The Hall–Kier alpha value is -1.68. The first-order chi connectivity index (χ1) is 11.3. The second-order valence-electron chi connectivity index (χ2n) is 6.55. The van der Waals surface area contributed by atoms with E-state index in [4.69, 9.17) is 9.72 Å². The van der Waals surface area contributed by atoms with E-state index in [-0.39, 0.29) is 0 Å². The number of nitrogens with zero attached hydrogens (tertiary/aromatic N) is 2. The zero-order valence-corrected chi connectivity index (χ0v) is 14.3. The molecule has 3 rings (SSSR count). The Morgan fingerprint density at radius 2 is 2.00 bits per heavy atom. The molecule has 0 aliphatic carbocycles. The fourth-order valence-corrected chi connectivity index (χ4v) is 3.09. The van der Waals surface area contributed by atoms with Crippen LogP contribution in [0.25, 0.3) is 11.0 Å². The molecule has 1 aromatic heterocycles. The van der Waals surface area contributed by atoms with Gasteiger partial charge in [0.2, 0.25) is 5.88 Å². The lowest BCUT2D eigenvalue weighted by molar-refractivity contribution is 0.207. The van der Waals surface area contributed by atoms with Gasteiger partial charge < -0.3 is 10.1 Å². The Balaban J connectivity index is 1.72. The Kier molecular flexibility index (Phi) is 5.44. The predicted octanol–water partition coefficient (Wildman–Crippen LogP) is 3.66. The van der Waals surface area contributed by atoms with E-state index in [2.05, 4.69) is 35.4 Å². The highest BCUT2D eigenvalue weighted by Crippen LogP contribution is 2.21. The van der Waals surface area contributed by atoms with Crippen LogP contribution < -0.4 is 10.1 Å². The lowest BCUT2D eigenvalue weighted by Gasteiger charge is -2.22. The van der Waals surface area contributed by atoms with Gasteiger partial charge in [0, 0.05) is 0 Å². The number of rotatable bonds is 6. The number of fused-ring (bicyclic) bond motifs is 1. The first-order valence-electron chi connectivity index (χ1n) is 8.87. The number of unbranched alkanes of at least 4 members (excludes halogenated alkanes) is 1. The van der Waals surface area contributed by atoms with E-state index in [1.165, 1.54) is 31.2 Å². The number of benzene rings is 1. The van der Waals surface area contributed by atoms with Crippen molar-refractivity contribution >= 4 is 11.0 Å². The highest BCUT2D eigenvalue weighted by atomic mass is 16.5. The fourth-order valence-electron chi connectivity index (χ4n) is 3.09. The van der Waals surface area contributed by atoms with Crippen LogP contribution in [0.1, 0.15) is 43.9 Å². The number of aromatic nitrogens is 2. The lowest BCUT2D eigenvalue weighted by Crippen LogP contribution is -2.30. The first kappa shape index (κ1) is 16.2. The van der Waals surface area contributed by atoms with E-state index in [1.807, 2.05) is 6.92 Å². The van der Waals surface area contributed by atoms with Gasteiger partial charge in [0.15, 0.2) is 0 Å². The van der Waals surface area contributed by atoms with Crippen LogP contribution in [0.15, 0.2) is 18.2 Å². The fraction of sp³-hybridized carbons (Fsp3) is 0.579.